The van der Waals surface area contributed by atoms with Gasteiger partial charge < -0.3 is 15.1 Å². The molecule has 24 heavy (non-hydrogen) atoms. The Hall–Kier alpha value is -3.49. The molecule has 3 aromatic rings. The molecule has 0 bridgehead atoms. The van der Waals surface area contributed by atoms with Gasteiger partial charge in [0.05, 0.1) is 17.5 Å². The monoisotopic (exact) mass is 326 g/mol. The molecule has 0 aliphatic rings. The largest absolute Gasteiger partial charge is 0.472 e. The van der Waals surface area contributed by atoms with E-state index in [1.165, 1.54) is 29.6 Å². The van der Waals surface area contributed by atoms with Crippen LogP contribution in [0.15, 0.2) is 53.6 Å². The number of carbonyl (C=O) groups is 2. The zero-order chi connectivity index (χ0) is 16.9. The van der Waals surface area contributed by atoms with Crippen LogP contribution in [0.5, 0.6) is 0 Å². The predicted octanol–water partition coefficient (Wildman–Crippen LogP) is 1.01. The maximum Gasteiger partial charge on any atom is 0.255 e. The van der Waals surface area contributed by atoms with Crippen molar-refractivity contribution >= 4 is 17.5 Å². The number of tetrazole rings is 1. The molecule has 0 aliphatic heterocycles. The molecule has 3 rings (SSSR count). The van der Waals surface area contributed by atoms with Gasteiger partial charge in [-0.15, -0.1) is 5.10 Å². The summed E-state index contributed by atoms with van der Waals surface area (Å²) in [6.07, 6.45) is 4.19. The van der Waals surface area contributed by atoms with Gasteiger partial charge >= 0.3 is 0 Å². The van der Waals surface area contributed by atoms with Crippen molar-refractivity contribution in [3.8, 4) is 5.69 Å². The first-order chi connectivity index (χ1) is 11.6. The predicted molar refractivity (Wildman–Crippen MR) is 83.4 cm³/mol. The van der Waals surface area contributed by atoms with Gasteiger partial charge in [0, 0.05) is 5.69 Å². The summed E-state index contributed by atoms with van der Waals surface area (Å²) in [5.41, 5.74) is 1.72. The number of rotatable bonds is 5. The third kappa shape index (κ3) is 3.46. The number of carbonyl (C=O) groups excluding carboxylic acids is 2. The summed E-state index contributed by atoms with van der Waals surface area (Å²) >= 11 is 0. The van der Waals surface area contributed by atoms with Crippen molar-refractivity contribution < 1.29 is 14.0 Å². The summed E-state index contributed by atoms with van der Waals surface area (Å²) in [6, 6.07) is 7.80. The molecule has 1 atom stereocenters. The van der Waals surface area contributed by atoms with Gasteiger partial charge in [-0.05, 0) is 47.7 Å². The number of nitrogens with zero attached hydrogens (tertiary/aromatic N) is 4. The Morgan fingerprint density at radius 3 is 2.62 bits per heavy atom. The fourth-order valence-electron chi connectivity index (χ4n) is 1.97. The highest BCUT2D eigenvalue weighted by molar-refractivity contribution is 6.00. The number of benzene rings is 1. The van der Waals surface area contributed by atoms with Crippen LogP contribution in [0.3, 0.4) is 0 Å². The number of aromatic nitrogens is 4. The Morgan fingerprint density at radius 1 is 1.21 bits per heavy atom. The molecule has 0 fully saturated rings. The van der Waals surface area contributed by atoms with E-state index in [1.807, 2.05) is 0 Å². The lowest BCUT2D eigenvalue weighted by molar-refractivity contribution is -0.117. The molecule has 122 valence electrons. The molecule has 2 aromatic heterocycles. The molecule has 0 radical (unpaired) electrons. The van der Waals surface area contributed by atoms with E-state index in [1.54, 1.807) is 31.2 Å². The quantitative estimate of drug-likeness (QED) is 0.723. The average molecular weight is 326 g/mol. The van der Waals surface area contributed by atoms with Crippen LogP contribution in [0.4, 0.5) is 5.69 Å². The second-order valence-electron chi connectivity index (χ2n) is 5.00. The van der Waals surface area contributed by atoms with E-state index in [4.69, 9.17) is 4.42 Å². The molecule has 9 heteroatoms. The second-order valence-corrected chi connectivity index (χ2v) is 5.00. The van der Waals surface area contributed by atoms with Crippen molar-refractivity contribution in [3.63, 3.8) is 0 Å². The van der Waals surface area contributed by atoms with Gasteiger partial charge in [-0.3, -0.25) is 9.59 Å². The highest BCUT2D eigenvalue weighted by atomic mass is 16.3. The van der Waals surface area contributed by atoms with Crippen LogP contribution in [0.2, 0.25) is 0 Å². The van der Waals surface area contributed by atoms with E-state index in [0.29, 0.717) is 11.3 Å². The van der Waals surface area contributed by atoms with Crippen LogP contribution >= 0.6 is 0 Å². The van der Waals surface area contributed by atoms with E-state index in [2.05, 4.69) is 26.2 Å². The summed E-state index contributed by atoms with van der Waals surface area (Å²) in [6.45, 7) is 1.60. The molecule has 1 unspecified atom stereocenters. The van der Waals surface area contributed by atoms with Crippen LogP contribution < -0.4 is 10.6 Å². The summed E-state index contributed by atoms with van der Waals surface area (Å²) in [5, 5.41) is 16.2. The fourth-order valence-corrected chi connectivity index (χ4v) is 1.97. The van der Waals surface area contributed by atoms with Gasteiger partial charge in [0.1, 0.15) is 18.6 Å². The first-order valence-electron chi connectivity index (χ1n) is 7.11. The van der Waals surface area contributed by atoms with E-state index < -0.39 is 6.04 Å². The average Bonchev–Trinajstić information content (AvgIpc) is 3.29. The lowest BCUT2D eigenvalue weighted by atomic mass is 10.2. The van der Waals surface area contributed by atoms with Gasteiger partial charge in [0.2, 0.25) is 5.91 Å². The molecule has 0 spiro atoms. The molecule has 0 aliphatic carbocycles. The SMILES string of the molecule is CC(NC(=O)c1ccoc1)C(=O)Nc1ccc(-n2cnnn2)cc1. The lowest BCUT2D eigenvalue weighted by Gasteiger charge is -2.13. The van der Waals surface area contributed by atoms with Gasteiger partial charge in [-0.2, -0.15) is 0 Å². The normalized spacial score (nSPS) is 11.7. The van der Waals surface area contributed by atoms with Crippen molar-refractivity contribution in [2.24, 2.45) is 0 Å². The topological polar surface area (TPSA) is 115 Å². The number of hydrogen-bond donors (Lipinski definition) is 2. The van der Waals surface area contributed by atoms with Crippen molar-refractivity contribution in [3.05, 3.63) is 54.7 Å². The molecule has 9 nitrogen and oxygen atoms in total. The highest BCUT2D eigenvalue weighted by Crippen LogP contribution is 2.12. The summed E-state index contributed by atoms with van der Waals surface area (Å²) < 4.78 is 6.34. The van der Waals surface area contributed by atoms with Crippen molar-refractivity contribution in [2.45, 2.75) is 13.0 Å². The summed E-state index contributed by atoms with van der Waals surface area (Å²) in [5.74, 6) is -0.706. The van der Waals surface area contributed by atoms with Crippen LogP contribution in [0.1, 0.15) is 17.3 Å². The van der Waals surface area contributed by atoms with Crippen LogP contribution in [-0.2, 0) is 4.79 Å². The van der Waals surface area contributed by atoms with Gasteiger partial charge in [0.15, 0.2) is 0 Å². The van der Waals surface area contributed by atoms with Crippen LogP contribution in [0.25, 0.3) is 5.69 Å². The Morgan fingerprint density at radius 2 is 2.00 bits per heavy atom. The minimum Gasteiger partial charge on any atom is -0.472 e. The molecule has 0 saturated heterocycles. The maximum absolute atomic E-state index is 12.1. The number of nitrogens with one attached hydrogen (secondary N) is 2. The first-order valence-corrected chi connectivity index (χ1v) is 7.11. The molecular weight excluding hydrogens is 312 g/mol. The number of hydrogen-bond acceptors (Lipinski definition) is 6. The van der Waals surface area contributed by atoms with Crippen molar-refractivity contribution in [1.82, 2.24) is 25.5 Å². The second kappa shape index (κ2) is 6.73. The third-order valence-corrected chi connectivity index (χ3v) is 3.27. The Kier molecular flexibility index (Phi) is 4.32. The molecular formula is C15H14N6O3. The first kappa shape index (κ1) is 15.4. The minimum absolute atomic E-state index is 0.331. The molecule has 2 amide bonds. The van der Waals surface area contributed by atoms with E-state index in [9.17, 15) is 9.59 Å². The van der Waals surface area contributed by atoms with Crippen LogP contribution in [0, 0.1) is 0 Å². The Labute approximate surface area is 136 Å². The number of furan rings is 1. The van der Waals surface area contributed by atoms with Gasteiger partial charge in [-0.25, -0.2) is 4.68 Å². The summed E-state index contributed by atoms with van der Waals surface area (Å²) in [4.78, 5) is 24.0. The van der Waals surface area contributed by atoms with E-state index >= 15 is 0 Å². The van der Waals surface area contributed by atoms with Crippen molar-refractivity contribution in [1.29, 1.82) is 0 Å². The molecule has 1 aromatic carbocycles. The molecule has 2 N–H and O–H groups in total. The van der Waals surface area contributed by atoms with Gasteiger partial charge in [0.25, 0.3) is 5.91 Å². The molecule has 2 heterocycles. The van der Waals surface area contributed by atoms with Gasteiger partial charge in [-0.1, -0.05) is 0 Å². The molecule has 0 saturated carbocycles. The Bertz CT molecular complexity index is 812. The van der Waals surface area contributed by atoms with E-state index in [-0.39, 0.29) is 11.8 Å². The summed E-state index contributed by atoms with van der Waals surface area (Å²) in [7, 11) is 0. The Balaban J connectivity index is 1.59. The maximum atomic E-state index is 12.1. The fraction of sp³-hybridized carbons (Fsp3) is 0.133. The zero-order valence-electron chi connectivity index (χ0n) is 12.7. The standard InChI is InChI=1S/C15H14N6O3/c1-10(17-15(23)11-6-7-24-8-11)14(22)18-12-2-4-13(5-3-12)21-9-16-19-20-21/h2-10H,1H3,(H,17,23)(H,18,22). The number of amides is 2. The van der Waals surface area contributed by atoms with Crippen LogP contribution in [-0.4, -0.2) is 38.1 Å². The third-order valence-electron chi connectivity index (χ3n) is 3.27. The minimum atomic E-state index is -0.702. The lowest BCUT2D eigenvalue weighted by Crippen LogP contribution is -2.41. The van der Waals surface area contributed by atoms with Crippen molar-refractivity contribution in [2.75, 3.05) is 5.32 Å². The zero-order valence-corrected chi connectivity index (χ0v) is 12.7. The smallest absolute Gasteiger partial charge is 0.255 e. The van der Waals surface area contributed by atoms with E-state index in [0.717, 1.165) is 5.69 Å². The highest BCUT2D eigenvalue weighted by Gasteiger charge is 2.17. The number of anilines is 1.